The van der Waals surface area contributed by atoms with Crippen molar-refractivity contribution in [3.63, 3.8) is 0 Å². The first-order chi connectivity index (χ1) is 5.65. The summed E-state index contributed by atoms with van der Waals surface area (Å²) >= 11 is 0. The van der Waals surface area contributed by atoms with Crippen LogP contribution in [0, 0.1) is 6.92 Å². The second-order valence-corrected chi connectivity index (χ2v) is 2.94. The van der Waals surface area contributed by atoms with Gasteiger partial charge in [0.15, 0.2) is 0 Å². The number of aromatic nitrogens is 1. The smallest absolute Gasteiger partial charge is 0.252 e. The average molecular weight is 166 g/mol. The largest absolute Gasteiger partial charge is 0.326 e. The SMILES string of the molecule is CN[C@H](C)c1ccc(C)[nH]c1=O. The molecule has 0 spiro atoms. The lowest BCUT2D eigenvalue weighted by molar-refractivity contribution is 0.643. The highest BCUT2D eigenvalue weighted by Crippen LogP contribution is 2.04. The number of nitrogens with one attached hydrogen (secondary N) is 2. The molecule has 2 N–H and O–H groups in total. The van der Waals surface area contributed by atoms with Crippen molar-refractivity contribution in [1.29, 1.82) is 0 Å². The molecule has 1 aromatic rings. The summed E-state index contributed by atoms with van der Waals surface area (Å²) in [5.41, 5.74) is 1.67. The lowest BCUT2D eigenvalue weighted by Crippen LogP contribution is -2.22. The van der Waals surface area contributed by atoms with E-state index in [1.165, 1.54) is 0 Å². The lowest BCUT2D eigenvalue weighted by Gasteiger charge is -2.08. The molecule has 0 unspecified atom stereocenters. The summed E-state index contributed by atoms with van der Waals surface area (Å²) in [7, 11) is 1.84. The quantitative estimate of drug-likeness (QED) is 0.687. The van der Waals surface area contributed by atoms with E-state index < -0.39 is 0 Å². The third-order valence-electron chi connectivity index (χ3n) is 1.99. The first-order valence-electron chi connectivity index (χ1n) is 4.02. The van der Waals surface area contributed by atoms with Crippen LogP contribution in [0.4, 0.5) is 0 Å². The molecule has 1 rings (SSSR count). The van der Waals surface area contributed by atoms with E-state index in [0.717, 1.165) is 11.3 Å². The summed E-state index contributed by atoms with van der Waals surface area (Å²) in [5.74, 6) is 0. The molecule has 0 aliphatic heterocycles. The highest BCUT2D eigenvalue weighted by atomic mass is 16.1. The van der Waals surface area contributed by atoms with Gasteiger partial charge in [0.1, 0.15) is 0 Å². The highest BCUT2D eigenvalue weighted by molar-refractivity contribution is 5.16. The van der Waals surface area contributed by atoms with Gasteiger partial charge in [-0.05, 0) is 27.0 Å². The van der Waals surface area contributed by atoms with Crippen LogP contribution in [0.5, 0.6) is 0 Å². The van der Waals surface area contributed by atoms with Crippen molar-refractivity contribution in [3.8, 4) is 0 Å². The van der Waals surface area contributed by atoms with Crippen LogP contribution in [0.15, 0.2) is 16.9 Å². The van der Waals surface area contributed by atoms with Gasteiger partial charge in [-0.3, -0.25) is 4.79 Å². The van der Waals surface area contributed by atoms with Crippen LogP contribution in [0.25, 0.3) is 0 Å². The Bertz CT molecular complexity index is 317. The fourth-order valence-corrected chi connectivity index (χ4v) is 1.08. The fraction of sp³-hybridized carbons (Fsp3) is 0.444. The van der Waals surface area contributed by atoms with Crippen molar-refractivity contribution in [1.82, 2.24) is 10.3 Å². The van der Waals surface area contributed by atoms with E-state index in [4.69, 9.17) is 0 Å². The Morgan fingerprint density at radius 1 is 1.50 bits per heavy atom. The fourth-order valence-electron chi connectivity index (χ4n) is 1.08. The molecule has 1 heterocycles. The lowest BCUT2D eigenvalue weighted by atomic mass is 10.1. The molecule has 3 nitrogen and oxygen atoms in total. The third kappa shape index (κ3) is 1.74. The standard InChI is InChI=1S/C9H14N2O/c1-6-4-5-8(7(2)10-3)9(12)11-6/h4-5,7,10H,1-3H3,(H,11,12)/t7-/m1/s1. The van der Waals surface area contributed by atoms with Crippen molar-refractivity contribution in [3.05, 3.63) is 33.7 Å². The van der Waals surface area contributed by atoms with Crippen molar-refractivity contribution >= 4 is 0 Å². The topological polar surface area (TPSA) is 44.9 Å². The number of rotatable bonds is 2. The van der Waals surface area contributed by atoms with E-state index in [1.807, 2.05) is 33.0 Å². The zero-order valence-electron chi connectivity index (χ0n) is 7.64. The minimum atomic E-state index is -0.00292. The molecule has 12 heavy (non-hydrogen) atoms. The summed E-state index contributed by atoms with van der Waals surface area (Å²) in [4.78, 5) is 14.1. The molecular formula is C9H14N2O. The van der Waals surface area contributed by atoms with Gasteiger partial charge in [0.2, 0.25) is 0 Å². The second-order valence-electron chi connectivity index (χ2n) is 2.94. The van der Waals surface area contributed by atoms with Crippen LogP contribution in [0.2, 0.25) is 0 Å². The molecular weight excluding hydrogens is 152 g/mol. The molecule has 0 saturated heterocycles. The Kier molecular flexibility index (Phi) is 2.65. The van der Waals surface area contributed by atoms with Gasteiger partial charge in [0, 0.05) is 17.3 Å². The Labute approximate surface area is 71.8 Å². The van der Waals surface area contributed by atoms with Crippen LogP contribution in [0.1, 0.15) is 24.2 Å². The van der Waals surface area contributed by atoms with Gasteiger partial charge in [0.05, 0.1) is 0 Å². The maximum Gasteiger partial charge on any atom is 0.252 e. The van der Waals surface area contributed by atoms with Gasteiger partial charge in [-0.2, -0.15) is 0 Å². The number of pyridine rings is 1. The number of hydrogen-bond acceptors (Lipinski definition) is 2. The van der Waals surface area contributed by atoms with Gasteiger partial charge < -0.3 is 10.3 Å². The zero-order chi connectivity index (χ0) is 9.14. The van der Waals surface area contributed by atoms with E-state index >= 15 is 0 Å². The van der Waals surface area contributed by atoms with Gasteiger partial charge in [-0.25, -0.2) is 0 Å². The monoisotopic (exact) mass is 166 g/mol. The van der Waals surface area contributed by atoms with Crippen LogP contribution in [0.3, 0.4) is 0 Å². The van der Waals surface area contributed by atoms with Crippen molar-refractivity contribution in [2.45, 2.75) is 19.9 Å². The van der Waals surface area contributed by atoms with E-state index in [-0.39, 0.29) is 11.6 Å². The summed E-state index contributed by atoms with van der Waals surface area (Å²) in [6, 6.07) is 3.87. The van der Waals surface area contributed by atoms with Crippen molar-refractivity contribution in [2.75, 3.05) is 7.05 Å². The Hall–Kier alpha value is -1.09. The molecule has 0 radical (unpaired) electrons. The molecule has 1 aromatic heterocycles. The minimum Gasteiger partial charge on any atom is -0.326 e. The Morgan fingerprint density at radius 2 is 2.17 bits per heavy atom. The first kappa shape index (κ1) is 9.00. The molecule has 1 atom stereocenters. The third-order valence-corrected chi connectivity index (χ3v) is 1.99. The number of aromatic amines is 1. The predicted octanol–water partition coefficient (Wildman–Crippen LogP) is 0.964. The molecule has 0 fully saturated rings. The van der Waals surface area contributed by atoms with Gasteiger partial charge in [0.25, 0.3) is 5.56 Å². The molecule has 0 saturated carbocycles. The molecule has 0 aliphatic rings. The maximum atomic E-state index is 11.3. The van der Waals surface area contributed by atoms with Gasteiger partial charge in [-0.1, -0.05) is 6.07 Å². The minimum absolute atomic E-state index is 0.00292. The number of aryl methyl sites for hydroxylation is 1. The van der Waals surface area contributed by atoms with Gasteiger partial charge in [-0.15, -0.1) is 0 Å². The van der Waals surface area contributed by atoms with Crippen LogP contribution in [-0.2, 0) is 0 Å². The average Bonchev–Trinajstić information content (AvgIpc) is 2.03. The molecule has 3 heteroatoms. The number of hydrogen-bond donors (Lipinski definition) is 2. The first-order valence-corrected chi connectivity index (χ1v) is 4.02. The molecule has 0 aromatic carbocycles. The number of H-pyrrole nitrogens is 1. The Morgan fingerprint density at radius 3 is 2.67 bits per heavy atom. The van der Waals surface area contributed by atoms with Crippen LogP contribution in [-0.4, -0.2) is 12.0 Å². The van der Waals surface area contributed by atoms with Crippen molar-refractivity contribution in [2.24, 2.45) is 0 Å². The molecule has 0 bridgehead atoms. The highest BCUT2D eigenvalue weighted by Gasteiger charge is 2.05. The molecule has 0 amide bonds. The van der Waals surface area contributed by atoms with Gasteiger partial charge >= 0.3 is 0 Å². The predicted molar refractivity (Wildman–Crippen MR) is 49.3 cm³/mol. The van der Waals surface area contributed by atoms with Crippen LogP contribution < -0.4 is 10.9 Å². The van der Waals surface area contributed by atoms with E-state index in [0.29, 0.717) is 0 Å². The van der Waals surface area contributed by atoms with Crippen molar-refractivity contribution < 1.29 is 0 Å². The second kappa shape index (κ2) is 3.54. The summed E-state index contributed by atoms with van der Waals surface area (Å²) in [6.45, 7) is 3.83. The summed E-state index contributed by atoms with van der Waals surface area (Å²) in [6.07, 6.45) is 0. The summed E-state index contributed by atoms with van der Waals surface area (Å²) < 4.78 is 0. The summed E-state index contributed by atoms with van der Waals surface area (Å²) in [5, 5.41) is 3.02. The Balaban J connectivity index is 3.10. The molecule has 66 valence electrons. The van der Waals surface area contributed by atoms with E-state index in [1.54, 1.807) is 0 Å². The zero-order valence-corrected chi connectivity index (χ0v) is 7.64. The van der Waals surface area contributed by atoms with E-state index in [9.17, 15) is 4.79 Å². The normalized spacial score (nSPS) is 12.9. The molecule has 0 aliphatic carbocycles. The van der Waals surface area contributed by atoms with E-state index in [2.05, 4.69) is 10.3 Å². The maximum absolute atomic E-state index is 11.3. The van der Waals surface area contributed by atoms with Crippen LogP contribution >= 0.6 is 0 Å².